The van der Waals surface area contributed by atoms with Crippen molar-refractivity contribution in [2.45, 2.75) is 31.8 Å². The van der Waals surface area contributed by atoms with Crippen LogP contribution in [-0.4, -0.2) is 41.6 Å². The molecule has 4 rings (SSSR count). The van der Waals surface area contributed by atoms with Crippen LogP contribution in [-0.2, 0) is 13.0 Å². The second-order valence-corrected chi connectivity index (χ2v) is 7.03. The lowest BCUT2D eigenvalue weighted by Crippen LogP contribution is -2.48. The van der Waals surface area contributed by atoms with Gasteiger partial charge >= 0.3 is 6.03 Å². The number of hydrogen-bond acceptors (Lipinski definition) is 3. The second-order valence-electron chi connectivity index (χ2n) is 7.03. The van der Waals surface area contributed by atoms with Crippen molar-refractivity contribution >= 4 is 11.7 Å². The third-order valence-corrected chi connectivity index (χ3v) is 5.26. The lowest BCUT2D eigenvalue weighted by molar-refractivity contribution is 0.188. The van der Waals surface area contributed by atoms with Gasteiger partial charge in [0.2, 0.25) is 0 Å². The summed E-state index contributed by atoms with van der Waals surface area (Å²) in [4.78, 5) is 20.7. The molecule has 1 N–H and O–H groups in total. The Balaban J connectivity index is 1.30. The minimum absolute atomic E-state index is 0.109. The number of hydrogen-bond donors (Lipinski definition) is 1. The summed E-state index contributed by atoms with van der Waals surface area (Å²) in [6.07, 6.45) is 6.28. The number of fused-ring (bicyclic) bond motifs is 1. The molecule has 0 bridgehead atoms. The standard InChI is InChI=1S/C20H23FN4O/c21-17-2-1-16-5-12-25(19(16)13-17)20(26)23-18-6-10-24(11-7-18)14-15-3-8-22-9-4-15/h1-4,8-9,13,18H,5-7,10-12,14H2,(H,23,26). The molecule has 6 heteroatoms. The average molecular weight is 354 g/mol. The van der Waals surface area contributed by atoms with Crippen LogP contribution in [0.25, 0.3) is 0 Å². The molecule has 2 amide bonds. The highest BCUT2D eigenvalue weighted by molar-refractivity contribution is 5.94. The van der Waals surface area contributed by atoms with Gasteiger partial charge in [0.25, 0.3) is 0 Å². The molecule has 0 radical (unpaired) electrons. The largest absolute Gasteiger partial charge is 0.335 e. The number of pyridine rings is 1. The molecule has 2 aliphatic heterocycles. The van der Waals surface area contributed by atoms with Gasteiger partial charge in [-0.1, -0.05) is 6.07 Å². The Morgan fingerprint density at radius 1 is 1.15 bits per heavy atom. The van der Waals surface area contributed by atoms with Crippen molar-refractivity contribution in [3.8, 4) is 0 Å². The minimum Gasteiger partial charge on any atom is -0.335 e. The smallest absolute Gasteiger partial charge is 0.322 e. The molecular weight excluding hydrogens is 331 g/mol. The van der Waals surface area contributed by atoms with E-state index in [9.17, 15) is 9.18 Å². The number of aromatic nitrogens is 1. The van der Waals surface area contributed by atoms with Gasteiger partial charge in [-0.25, -0.2) is 9.18 Å². The normalized spacial score (nSPS) is 18.0. The number of halogens is 1. The first-order valence-electron chi connectivity index (χ1n) is 9.17. The van der Waals surface area contributed by atoms with Crippen LogP contribution in [0.4, 0.5) is 14.9 Å². The third-order valence-electron chi connectivity index (χ3n) is 5.26. The number of anilines is 1. The average Bonchev–Trinajstić information content (AvgIpc) is 3.07. The van der Waals surface area contributed by atoms with Gasteiger partial charge < -0.3 is 5.32 Å². The third kappa shape index (κ3) is 3.70. The molecule has 2 aromatic rings. The molecule has 0 aliphatic carbocycles. The summed E-state index contributed by atoms with van der Waals surface area (Å²) < 4.78 is 13.5. The number of benzene rings is 1. The van der Waals surface area contributed by atoms with E-state index in [1.165, 1.54) is 17.7 Å². The highest BCUT2D eigenvalue weighted by atomic mass is 19.1. The van der Waals surface area contributed by atoms with Gasteiger partial charge in [-0.15, -0.1) is 0 Å². The molecule has 1 aromatic carbocycles. The molecule has 0 spiro atoms. The molecule has 0 unspecified atom stereocenters. The lowest BCUT2D eigenvalue weighted by atomic mass is 10.0. The molecule has 0 atom stereocenters. The molecule has 26 heavy (non-hydrogen) atoms. The van der Waals surface area contributed by atoms with Crippen LogP contribution in [0.1, 0.15) is 24.0 Å². The fourth-order valence-corrected chi connectivity index (χ4v) is 3.80. The van der Waals surface area contributed by atoms with Crippen molar-refractivity contribution in [1.29, 1.82) is 0 Å². The summed E-state index contributed by atoms with van der Waals surface area (Å²) in [6.45, 7) is 3.45. The Labute approximate surface area is 152 Å². The van der Waals surface area contributed by atoms with Crippen molar-refractivity contribution in [2.75, 3.05) is 24.5 Å². The number of nitrogens with zero attached hydrogens (tertiary/aromatic N) is 3. The molecule has 0 saturated carbocycles. The maximum Gasteiger partial charge on any atom is 0.322 e. The van der Waals surface area contributed by atoms with Gasteiger partial charge in [-0.3, -0.25) is 14.8 Å². The maximum absolute atomic E-state index is 13.5. The van der Waals surface area contributed by atoms with E-state index in [0.29, 0.717) is 12.2 Å². The van der Waals surface area contributed by atoms with Crippen molar-refractivity contribution in [2.24, 2.45) is 0 Å². The highest BCUT2D eigenvalue weighted by Gasteiger charge is 2.28. The van der Waals surface area contributed by atoms with E-state index in [0.717, 1.165) is 44.5 Å². The van der Waals surface area contributed by atoms with Crippen molar-refractivity contribution in [1.82, 2.24) is 15.2 Å². The molecule has 3 heterocycles. The lowest BCUT2D eigenvalue weighted by Gasteiger charge is -2.33. The summed E-state index contributed by atoms with van der Waals surface area (Å²) in [5.41, 5.74) is 3.00. The van der Waals surface area contributed by atoms with E-state index in [1.807, 2.05) is 24.5 Å². The number of carbonyl (C=O) groups excluding carboxylic acids is 1. The Hall–Kier alpha value is -2.47. The van der Waals surface area contributed by atoms with E-state index >= 15 is 0 Å². The molecule has 1 aromatic heterocycles. The summed E-state index contributed by atoms with van der Waals surface area (Å²) in [7, 11) is 0. The first-order valence-corrected chi connectivity index (χ1v) is 9.17. The van der Waals surface area contributed by atoms with Gasteiger partial charge in [0.05, 0.1) is 5.69 Å². The van der Waals surface area contributed by atoms with Crippen LogP contribution in [0.3, 0.4) is 0 Å². The molecule has 5 nitrogen and oxygen atoms in total. The topological polar surface area (TPSA) is 48.5 Å². The molecular formula is C20H23FN4O. The predicted molar refractivity (Wildman–Crippen MR) is 98.5 cm³/mol. The zero-order valence-corrected chi connectivity index (χ0v) is 14.7. The van der Waals surface area contributed by atoms with Gasteiger partial charge in [0.1, 0.15) is 5.82 Å². The monoisotopic (exact) mass is 354 g/mol. The Kier molecular flexibility index (Phi) is 4.84. The number of rotatable bonds is 3. The highest BCUT2D eigenvalue weighted by Crippen LogP contribution is 2.29. The maximum atomic E-state index is 13.5. The van der Waals surface area contributed by atoms with Gasteiger partial charge in [-0.2, -0.15) is 0 Å². The first-order chi connectivity index (χ1) is 12.7. The Morgan fingerprint density at radius 3 is 2.69 bits per heavy atom. The first kappa shape index (κ1) is 17.0. The van der Waals surface area contributed by atoms with Gasteiger partial charge in [-0.05, 0) is 54.7 Å². The number of piperidine rings is 1. The second kappa shape index (κ2) is 7.41. The fraction of sp³-hybridized carbons (Fsp3) is 0.400. The number of urea groups is 1. The Morgan fingerprint density at radius 2 is 1.92 bits per heavy atom. The summed E-state index contributed by atoms with van der Waals surface area (Å²) in [5, 5.41) is 3.13. The minimum atomic E-state index is -0.298. The van der Waals surface area contributed by atoms with Crippen LogP contribution >= 0.6 is 0 Å². The molecule has 1 saturated heterocycles. The zero-order valence-electron chi connectivity index (χ0n) is 14.7. The van der Waals surface area contributed by atoms with Gasteiger partial charge in [0, 0.05) is 44.6 Å². The van der Waals surface area contributed by atoms with Crippen molar-refractivity contribution in [3.63, 3.8) is 0 Å². The SMILES string of the molecule is O=C(NC1CCN(Cc2ccncc2)CC1)N1CCc2ccc(F)cc21. The molecule has 2 aliphatic rings. The van der Waals surface area contributed by atoms with Crippen molar-refractivity contribution < 1.29 is 9.18 Å². The quantitative estimate of drug-likeness (QED) is 0.922. The van der Waals surface area contributed by atoms with E-state index in [1.54, 1.807) is 11.0 Å². The van der Waals surface area contributed by atoms with Crippen LogP contribution in [0.2, 0.25) is 0 Å². The number of nitrogens with one attached hydrogen (secondary N) is 1. The summed E-state index contributed by atoms with van der Waals surface area (Å²) in [5.74, 6) is -0.298. The van der Waals surface area contributed by atoms with Crippen LogP contribution in [0, 0.1) is 5.82 Å². The van der Waals surface area contributed by atoms with Crippen LogP contribution < -0.4 is 10.2 Å². The number of amides is 2. The number of carbonyl (C=O) groups is 1. The molecule has 1 fully saturated rings. The van der Waals surface area contributed by atoms with Gasteiger partial charge in [0.15, 0.2) is 0 Å². The number of likely N-dealkylation sites (tertiary alicyclic amines) is 1. The van der Waals surface area contributed by atoms with Crippen molar-refractivity contribution in [3.05, 3.63) is 59.7 Å². The molecule has 136 valence electrons. The fourth-order valence-electron chi connectivity index (χ4n) is 3.80. The predicted octanol–water partition coefficient (Wildman–Crippen LogP) is 2.96. The Bertz CT molecular complexity index is 775. The van der Waals surface area contributed by atoms with E-state index in [2.05, 4.69) is 15.2 Å². The van der Waals surface area contributed by atoms with Crippen LogP contribution in [0.5, 0.6) is 0 Å². The summed E-state index contributed by atoms with van der Waals surface area (Å²) in [6, 6.07) is 8.83. The summed E-state index contributed by atoms with van der Waals surface area (Å²) >= 11 is 0. The zero-order chi connectivity index (χ0) is 17.9. The van der Waals surface area contributed by atoms with E-state index < -0.39 is 0 Å². The van der Waals surface area contributed by atoms with E-state index in [-0.39, 0.29) is 17.9 Å². The van der Waals surface area contributed by atoms with Crippen LogP contribution in [0.15, 0.2) is 42.7 Å². The van der Waals surface area contributed by atoms with E-state index in [4.69, 9.17) is 0 Å².